The molecule has 100 valence electrons. The average molecular weight is 248 g/mol. The maximum Gasteiger partial charge on any atom is 0.248 e. The summed E-state index contributed by atoms with van der Waals surface area (Å²) in [6.45, 7) is 2.58. The van der Waals surface area contributed by atoms with Crippen molar-refractivity contribution in [3.05, 3.63) is 0 Å². The SMILES string of the molecule is CC1(C(O)CC2CCC(F)(F)C2)CCCCO1. The Balaban J connectivity index is 1.86. The molecule has 3 unspecified atom stereocenters. The van der Waals surface area contributed by atoms with E-state index in [1.807, 2.05) is 6.92 Å². The van der Waals surface area contributed by atoms with Crippen LogP contribution in [0.15, 0.2) is 0 Å². The molecule has 0 radical (unpaired) electrons. The molecule has 1 saturated carbocycles. The summed E-state index contributed by atoms with van der Waals surface area (Å²) in [7, 11) is 0. The van der Waals surface area contributed by atoms with E-state index in [1.165, 1.54) is 0 Å². The second-order valence-electron chi connectivity index (χ2n) is 5.83. The fourth-order valence-electron chi connectivity index (χ4n) is 3.03. The van der Waals surface area contributed by atoms with Crippen LogP contribution in [0.1, 0.15) is 51.9 Å². The molecule has 0 aromatic carbocycles. The zero-order chi connectivity index (χ0) is 12.5. The third-order valence-corrected chi connectivity index (χ3v) is 4.27. The van der Waals surface area contributed by atoms with Crippen LogP contribution >= 0.6 is 0 Å². The quantitative estimate of drug-likeness (QED) is 0.831. The van der Waals surface area contributed by atoms with Gasteiger partial charge in [-0.05, 0) is 44.9 Å². The number of halogens is 2. The molecule has 0 aromatic rings. The minimum absolute atomic E-state index is 0.0258. The fraction of sp³-hybridized carbons (Fsp3) is 1.00. The summed E-state index contributed by atoms with van der Waals surface area (Å²) in [5.74, 6) is -2.57. The summed E-state index contributed by atoms with van der Waals surface area (Å²) < 4.78 is 31.8. The number of ether oxygens (including phenoxy) is 1. The molecular formula is C13H22F2O2. The lowest BCUT2D eigenvalue weighted by Gasteiger charge is -2.38. The van der Waals surface area contributed by atoms with Gasteiger partial charge in [0.1, 0.15) is 0 Å². The predicted octanol–water partition coefficient (Wildman–Crippen LogP) is 3.13. The number of aliphatic hydroxyl groups excluding tert-OH is 1. The van der Waals surface area contributed by atoms with Gasteiger partial charge in [-0.25, -0.2) is 8.78 Å². The van der Waals surface area contributed by atoms with Crippen LogP contribution in [0.2, 0.25) is 0 Å². The summed E-state index contributed by atoms with van der Waals surface area (Å²) in [4.78, 5) is 0. The lowest BCUT2D eigenvalue weighted by atomic mass is 9.84. The summed E-state index contributed by atoms with van der Waals surface area (Å²) in [6.07, 6.45) is 3.19. The van der Waals surface area contributed by atoms with E-state index in [-0.39, 0.29) is 18.8 Å². The van der Waals surface area contributed by atoms with Gasteiger partial charge in [0.2, 0.25) is 5.92 Å². The Kier molecular flexibility index (Phi) is 3.74. The highest BCUT2D eigenvalue weighted by molar-refractivity contribution is 4.90. The molecular weight excluding hydrogens is 226 g/mol. The molecule has 17 heavy (non-hydrogen) atoms. The molecule has 1 heterocycles. The van der Waals surface area contributed by atoms with Crippen LogP contribution in [0.3, 0.4) is 0 Å². The standard InChI is InChI=1S/C13H22F2O2/c1-12(5-2-3-7-17-12)11(16)8-10-4-6-13(14,15)9-10/h10-11,16H,2-9H2,1H3. The Hall–Kier alpha value is -0.220. The van der Waals surface area contributed by atoms with E-state index in [4.69, 9.17) is 4.74 Å². The Morgan fingerprint density at radius 2 is 2.12 bits per heavy atom. The minimum Gasteiger partial charge on any atom is -0.390 e. The van der Waals surface area contributed by atoms with Crippen molar-refractivity contribution in [1.82, 2.24) is 0 Å². The van der Waals surface area contributed by atoms with Gasteiger partial charge in [0.15, 0.2) is 0 Å². The third kappa shape index (κ3) is 3.16. The molecule has 1 saturated heterocycles. The van der Waals surface area contributed by atoms with E-state index in [1.54, 1.807) is 0 Å². The van der Waals surface area contributed by atoms with Crippen molar-refractivity contribution in [3.8, 4) is 0 Å². The molecule has 1 aliphatic heterocycles. The summed E-state index contributed by atoms with van der Waals surface area (Å²) in [5, 5.41) is 10.2. The van der Waals surface area contributed by atoms with E-state index >= 15 is 0 Å². The number of hydrogen-bond donors (Lipinski definition) is 1. The van der Waals surface area contributed by atoms with Crippen LogP contribution in [0.4, 0.5) is 8.78 Å². The fourth-order valence-corrected chi connectivity index (χ4v) is 3.03. The van der Waals surface area contributed by atoms with Gasteiger partial charge in [0, 0.05) is 19.4 Å². The van der Waals surface area contributed by atoms with Gasteiger partial charge in [-0.3, -0.25) is 0 Å². The van der Waals surface area contributed by atoms with E-state index in [0.717, 1.165) is 19.3 Å². The van der Waals surface area contributed by atoms with Crippen molar-refractivity contribution in [2.75, 3.05) is 6.61 Å². The minimum atomic E-state index is -2.52. The van der Waals surface area contributed by atoms with Gasteiger partial charge in [0.05, 0.1) is 11.7 Å². The van der Waals surface area contributed by atoms with Crippen LogP contribution in [-0.4, -0.2) is 29.3 Å². The molecule has 1 N–H and O–H groups in total. The first-order chi connectivity index (χ1) is 7.91. The van der Waals surface area contributed by atoms with Crippen molar-refractivity contribution in [3.63, 3.8) is 0 Å². The molecule has 1 aliphatic carbocycles. The second-order valence-corrected chi connectivity index (χ2v) is 5.83. The lowest BCUT2D eigenvalue weighted by molar-refractivity contribution is -0.142. The molecule has 0 bridgehead atoms. The van der Waals surface area contributed by atoms with Gasteiger partial charge in [-0.1, -0.05) is 0 Å². The van der Waals surface area contributed by atoms with Gasteiger partial charge < -0.3 is 9.84 Å². The van der Waals surface area contributed by atoms with Crippen LogP contribution in [0.5, 0.6) is 0 Å². The number of alkyl halides is 2. The highest BCUT2D eigenvalue weighted by Gasteiger charge is 2.43. The highest BCUT2D eigenvalue weighted by Crippen LogP contribution is 2.42. The van der Waals surface area contributed by atoms with Crippen LogP contribution < -0.4 is 0 Å². The van der Waals surface area contributed by atoms with Gasteiger partial charge in [0.25, 0.3) is 0 Å². The normalized spacial score (nSPS) is 39.2. The molecule has 2 rings (SSSR count). The van der Waals surface area contributed by atoms with E-state index in [9.17, 15) is 13.9 Å². The van der Waals surface area contributed by atoms with E-state index < -0.39 is 17.6 Å². The van der Waals surface area contributed by atoms with Gasteiger partial charge >= 0.3 is 0 Å². The Labute approximate surface area is 101 Å². The first-order valence-electron chi connectivity index (χ1n) is 6.61. The van der Waals surface area contributed by atoms with Crippen molar-refractivity contribution in [2.45, 2.75) is 69.5 Å². The first-order valence-corrected chi connectivity index (χ1v) is 6.61. The number of rotatable bonds is 3. The van der Waals surface area contributed by atoms with Crippen molar-refractivity contribution >= 4 is 0 Å². The Bertz CT molecular complexity index is 262. The first kappa shape index (κ1) is 13.2. The zero-order valence-electron chi connectivity index (χ0n) is 10.4. The summed E-state index contributed by atoms with van der Waals surface area (Å²) in [6, 6.07) is 0. The maximum atomic E-state index is 13.1. The second kappa shape index (κ2) is 4.81. The molecule has 2 aliphatic rings. The van der Waals surface area contributed by atoms with Crippen molar-refractivity contribution in [2.24, 2.45) is 5.92 Å². The molecule has 2 fully saturated rings. The average Bonchev–Trinajstić information content (AvgIpc) is 2.59. The Morgan fingerprint density at radius 3 is 2.65 bits per heavy atom. The predicted molar refractivity (Wildman–Crippen MR) is 61.1 cm³/mol. The monoisotopic (exact) mass is 248 g/mol. The van der Waals surface area contributed by atoms with Crippen LogP contribution in [0, 0.1) is 5.92 Å². The highest BCUT2D eigenvalue weighted by atomic mass is 19.3. The number of aliphatic hydroxyl groups is 1. The molecule has 2 nitrogen and oxygen atoms in total. The van der Waals surface area contributed by atoms with Gasteiger partial charge in [-0.2, -0.15) is 0 Å². The molecule has 4 heteroatoms. The van der Waals surface area contributed by atoms with Crippen molar-refractivity contribution in [1.29, 1.82) is 0 Å². The Morgan fingerprint density at radius 1 is 1.35 bits per heavy atom. The maximum absolute atomic E-state index is 13.1. The van der Waals surface area contributed by atoms with Crippen LogP contribution in [-0.2, 0) is 4.74 Å². The smallest absolute Gasteiger partial charge is 0.248 e. The van der Waals surface area contributed by atoms with E-state index in [2.05, 4.69) is 0 Å². The van der Waals surface area contributed by atoms with E-state index in [0.29, 0.717) is 19.4 Å². The summed E-state index contributed by atoms with van der Waals surface area (Å²) in [5.41, 5.74) is -0.518. The molecule has 0 spiro atoms. The van der Waals surface area contributed by atoms with Crippen molar-refractivity contribution < 1.29 is 18.6 Å². The number of hydrogen-bond acceptors (Lipinski definition) is 2. The summed E-state index contributed by atoms with van der Waals surface area (Å²) >= 11 is 0. The molecule has 0 aromatic heterocycles. The molecule has 3 atom stereocenters. The third-order valence-electron chi connectivity index (χ3n) is 4.27. The largest absolute Gasteiger partial charge is 0.390 e. The van der Waals surface area contributed by atoms with Crippen LogP contribution in [0.25, 0.3) is 0 Å². The molecule has 0 amide bonds. The van der Waals surface area contributed by atoms with Gasteiger partial charge in [-0.15, -0.1) is 0 Å². The topological polar surface area (TPSA) is 29.5 Å². The zero-order valence-corrected chi connectivity index (χ0v) is 10.4. The lowest BCUT2D eigenvalue weighted by Crippen LogP contribution is -2.45.